The van der Waals surface area contributed by atoms with Crippen LogP contribution in [-0.4, -0.2) is 12.5 Å². The van der Waals surface area contributed by atoms with Crippen molar-refractivity contribution in [2.75, 3.05) is 11.9 Å². The van der Waals surface area contributed by atoms with Gasteiger partial charge in [-0.25, -0.2) is 4.39 Å². The molecule has 3 nitrogen and oxygen atoms in total. The highest BCUT2D eigenvalue weighted by atomic mass is 79.9. The second kappa shape index (κ2) is 8.49. The van der Waals surface area contributed by atoms with Crippen LogP contribution in [0.15, 0.2) is 16.6 Å². The second-order valence-corrected chi connectivity index (χ2v) is 6.60. The van der Waals surface area contributed by atoms with E-state index in [0.29, 0.717) is 35.0 Å². The van der Waals surface area contributed by atoms with Gasteiger partial charge < -0.3 is 11.1 Å². The van der Waals surface area contributed by atoms with Crippen LogP contribution in [0.1, 0.15) is 38.7 Å². The molecule has 0 radical (unpaired) electrons. The standard InChI is InChI=1S/C16H24BrFN2O/c1-10(2)12(6-7-19)4-5-16(21)20-15-9-14(18)13(17)8-11(15)3/h8-10,12H,4-7,19H2,1-3H3,(H,20,21). The number of amides is 1. The van der Waals surface area contributed by atoms with E-state index >= 15 is 0 Å². The summed E-state index contributed by atoms with van der Waals surface area (Å²) in [7, 11) is 0. The smallest absolute Gasteiger partial charge is 0.224 e. The zero-order valence-electron chi connectivity index (χ0n) is 12.9. The molecule has 0 aliphatic rings. The van der Waals surface area contributed by atoms with Crippen LogP contribution >= 0.6 is 15.9 Å². The van der Waals surface area contributed by atoms with Crippen LogP contribution in [0, 0.1) is 24.6 Å². The van der Waals surface area contributed by atoms with Crippen molar-refractivity contribution in [1.82, 2.24) is 0 Å². The largest absolute Gasteiger partial charge is 0.330 e. The Kier molecular flexibility index (Phi) is 7.32. The Morgan fingerprint density at radius 3 is 2.62 bits per heavy atom. The van der Waals surface area contributed by atoms with Gasteiger partial charge in [-0.2, -0.15) is 0 Å². The Labute approximate surface area is 134 Å². The van der Waals surface area contributed by atoms with Crippen LogP contribution in [0.3, 0.4) is 0 Å². The van der Waals surface area contributed by atoms with Crippen molar-refractivity contribution in [1.29, 1.82) is 0 Å². The van der Waals surface area contributed by atoms with E-state index in [1.165, 1.54) is 6.07 Å². The number of benzene rings is 1. The number of aryl methyl sites for hydroxylation is 1. The summed E-state index contributed by atoms with van der Waals surface area (Å²) in [5, 5.41) is 2.78. The number of anilines is 1. The molecule has 1 atom stereocenters. The summed E-state index contributed by atoms with van der Waals surface area (Å²) in [6.45, 7) is 6.77. The number of hydrogen-bond acceptors (Lipinski definition) is 2. The number of carbonyl (C=O) groups is 1. The fourth-order valence-electron chi connectivity index (χ4n) is 2.34. The number of carbonyl (C=O) groups excluding carboxylic acids is 1. The molecular formula is C16H24BrFN2O. The fourth-order valence-corrected chi connectivity index (χ4v) is 2.79. The van der Waals surface area contributed by atoms with Crippen LogP contribution in [0.4, 0.5) is 10.1 Å². The molecule has 5 heteroatoms. The lowest BCUT2D eigenvalue weighted by Crippen LogP contribution is -2.18. The maximum absolute atomic E-state index is 13.5. The summed E-state index contributed by atoms with van der Waals surface area (Å²) in [5.41, 5.74) is 6.96. The first kappa shape index (κ1) is 18.1. The van der Waals surface area contributed by atoms with Gasteiger partial charge >= 0.3 is 0 Å². The lowest BCUT2D eigenvalue weighted by molar-refractivity contribution is -0.116. The highest BCUT2D eigenvalue weighted by molar-refractivity contribution is 9.10. The topological polar surface area (TPSA) is 55.1 Å². The highest BCUT2D eigenvalue weighted by Gasteiger charge is 2.15. The Bertz CT molecular complexity index is 491. The number of hydrogen-bond donors (Lipinski definition) is 2. The molecule has 0 fully saturated rings. The SMILES string of the molecule is Cc1cc(Br)c(F)cc1NC(=O)CCC(CCN)C(C)C. The van der Waals surface area contributed by atoms with Crippen LogP contribution in [0.5, 0.6) is 0 Å². The third-order valence-electron chi connectivity index (χ3n) is 3.76. The molecule has 0 aliphatic carbocycles. The first-order chi connectivity index (χ1) is 9.85. The average molecular weight is 359 g/mol. The third kappa shape index (κ3) is 5.75. The lowest BCUT2D eigenvalue weighted by atomic mass is 9.88. The van der Waals surface area contributed by atoms with Gasteiger partial charge in [0.1, 0.15) is 5.82 Å². The van der Waals surface area contributed by atoms with Crippen molar-refractivity contribution in [3.63, 3.8) is 0 Å². The molecule has 21 heavy (non-hydrogen) atoms. The van der Waals surface area contributed by atoms with Crippen molar-refractivity contribution in [3.8, 4) is 0 Å². The minimum atomic E-state index is -0.376. The minimum absolute atomic E-state index is 0.0810. The second-order valence-electron chi connectivity index (χ2n) is 5.75. The van der Waals surface area contributed by atoms with E-state index < -0.39 is 0 Å². The van der Waals surface area contributed by atoms with E-state index in [4.69, 9.17) is 5.73 Å². The van der Waals surface area contributed by atoms with Crippen LogP contribution in [0.25, 0.3) is 0 Å². The first-order valence-electron chi connectivity index (χ1n) is 7.30. The van der Waals surface area contributed by atoms with Crippen molar-refractivity contribution in [2.24, 2.45) is 17.6 Å². The molecule has 1 aromatic rings. The van der Waals surface area contributed by atoms with Gasteiger partial charge in [0.05, 0.1) is 4.47 Å². The normalized spacial score (nSPS) is 12.5. The van der Waals surface area contributed by atoms with E-state index in [1.807, 2.05) is 6.92 Å². The van der Waals surface area contributed by atoms with Gasteiger partial charge in [0.25, 0.3) is 0 Å². The summed E-state index contributed by atoms with van der Waals surface area (Å²) in [4.78, 5) is 12.0. The van der Waals surface area contributed by atoms with Gasteiger partial charge in [0, 0.05) is 12.1 Å². The predicted molar refractivity (Wildman–Crippen MR) is 88.7 cm³/mol. The van der Waals surface area contributed by atoms with Gasteiger partial charge in [-0.05, 0) is 71.8 Å². The molecule has 1 unspecified atom stereocenters. The van der Waals surface area contributed by atoms with Crippen molar-refractivity contribution in [2.45, 2.75) is 40.0 Å². The number of rotatable bonds is 7. The molecule has 0 aromatic heterocycles. The maximum atomic E-state index is 13.5. The molecule has 0 heterocycles. The zero-order chi connectivity index (χ0) is 16.0. The number of halogens is 2. The molecule has 1 aromatic carbocycles. The Morgan fingerprint density at radius 1 is 1.38 bits per heavy atom. The summed E-state index contributed by atoms with van der Waals surface area (Å²) in [6, 6.07) is 3.01. The molecule has 0 saturated carbocycles. The van der Waals surface area contributed by atoms with E-state index in [9.17, 15) is 9.18 Å². The van der Waals surface area contributed by atoms with E-state index in [2.05, 4.69) is 35.1 Å². The van der Waals surface area contributed by atoms with Crippen LogP contribution in [-0.2, 0) is 4.79 Å². The molecule has 1 rings (SSSR count). The van der Waals surface area contributed by atoms with Crippen molar-refractivity contribution < 1.29 is 9.18 Å². The summed E-state index contributed by atoms with van der Waals surface area (Å²) >= 11 is 3.13. The third-order valence-corrected chi connectivity index (χ3v) is 4.37. The van der Waals surface area contributed by atoms with Gasteiger partial charge in [0.2, 0.25) is 5.91 Å². The van der Waals surface area contributed by atoms with Crippen LogP contribution < -0.4 is 11.1 Å². The Hall–Kier alpha value is -0.940. The quantitative estimate of drug-likeness (QED) is 0.765. The van der Waals surface area contributed by atoms with Crippen molar-refractivity contribution >= 4 is 27.5 Å². The summed E-state index contributed by atoms with van der Waals surface area (Å²) in [5.74, 6) is 0.498. The Morgan fingerprint density at radius 2 is 2.05 bits per heavy atom. The molecule has 3 N–H and O–H groups in total. The monoisotopic (exact) mass is 358 g/mol. The van der Waals surface area contributed by atoms with E-state index in [1.54, 1.807) is 6.07 Å². The lowest BCUT2D eigenvalue weighted by Gasteiger charge is -2.19. The molecule has 0 spiro atoms. The van der Waals surface area contributed by atoms with Gasteiger partial charge in [-0.1, -0.05) is 13.8 Å². The Balaban J connectivity index is 2.60. The average Bonchev–Trinajstić information content (AvgIpc) is 2.40. The summed E-state index contributed by atoms with van der Waals surface area (Å²) in [6.07, 6.45) is 2.16. The van der Waals surface area contributed by atoms with Gasteiger partial charge in [-0.15, -0.1) is 0 Å². The van der Waals surface area contributed by atoms with Gasteiger partial charge in [0.15, 0.2) is 0 Å². The zero-order valence-corrected chi connectivity index (χ0v) is 14.5. The molecule has 0 saturated heterocycles. The number of nitrogens with two attached hydrogens (primary N) is 1. The minimum Gasteiger partial charge on any atom is -0.330 e. The molecule has 1 amide bonds. The van der Waals surface area contributed by atoms with Gasteiger partial charge in [-0.3, -0.25) is 4.79 Å². The molecule has 118 valence electrons. The number of nitrogens with one attached hydrogen (secondary N) is 1. The van der Waals surface area contributed by atoms with Crippen LogP contribution in [0.2, 0.25) is 0 Å². The first-order valence-corrected chi connectivity index (χ1v) is 8.10. The predicted octanol–water partition coefficient (Wildman–Crippen LogP) is 4.24. The molecular weight excluding hydrogens is 335 g/mol. The fraction of sp³-hybridized carbons (Fsp3) is 0.562. The summed E-state index contributed by atoms with van der Waals surface area (Å²) < 4.78 is 13.9. The maximum Gasteiger partial charge on any atom is 0.224 e. The van der Waals surface area contributed by atoms with E-state index in [-0.39, 0.29) is 11.7 Å². The molecule has 0 aliphatic heterocycles. The van der Waals surface area contributed by atoms with Crippen molar-refractivity contribution in [3.05, 3.63) is 28.0 Å². The molecule has 0 bridgehead atoms. The van der Waals surface area contributed by atoms with E-state index in [0.717, 1.165) is 18.4 Å². The highest BCUT2D eigenvalue weighted by Crippen LogP contribution is 2.25.